The van der Waals surface area contributed by atoms with Crippen molar-refractivity contribution >= 4 is 34.3 Å². The summed E-state index contributed by atoms with van der Waals surface area (Å²) < 4.78 is 7.86. The molecule has 2 heterocycles. The van der Waals surface area contributed by atoms with Crippen molar-refractivity contribution in [2.75, 3.05) is 19.6 Å². The highest BCUT2D eigenvalue weighted by molar-refractivity contribution is 6.30. The smallest absolute Gasteiger partial charge is 0.253 e. The van der Waals surface area contributed by atoms with Crippen LogP contribution < -0.4 is 5.32 Å². The zero-order chi connectivity index (χ0) is 24.5. The lowest BCUT2D eigenvalue weighted by Crippen LogP contribution is -2.51. The molecule has 1 saturated carbocycles. The Morgan fingerprint density at radius 2 is 1.91 bits per heavy atom. The number of likely N-dealkylation sites (tertiary alicyclic amines) is 1. The molecule has 2 amide bonds. The molecule has 1 aliphatic heterocycles. The number of aryl methyl sites for hydroxylation is 1. The Hall–Kier alpha value is -2.90. The summed E-state index contributed by atoms with van der Waals surface area (Å²) in [4.78, 5) is 27.3. The molecule has 3 aromatic rings. The van der Waals surface area contributed by atoms with E-state index in [-0.39, 0.29) is 17.9 Å². The van der Waals surface area contributed by atoms with Gasteiger partial charge in [-0.25, -0.2) is 0 Å². The number of halogens is 1. The molecule has 0 bridgehead atoms. The minimum Gasteiger partial charge on any atom is -0.373 e. The average Bonchev–Trinajstić information content (AvgIpc) is 3.21. The van der Waals surface area contributed by atoms with E-state index in [1.165, 1.54) is 6.42 Å². The quantitative estimate of drug-likeness (QED) is 0.501. The third-order valence-electron chi connectivity index (χ3n) is 7.06. The fourth-order valence-corrected chi connectivity index (χ4v) is 4.85. The monoisotopic (exact) mass is 494 g/mol. The summed E-state index contributed by atoms with van der Waals surface area (Å²) in [6, 6.07) is 10.7. The highest BCUT2D eigenvalue weighted by Crippen LogP contribution is 2.25. The Morgan fingerprint density at radius 1 is 1.17 bits per heavy atom. The third kappa shape index (κ3) is 5.21. The van der Waals surface area contributed by atoms with Gasteiger partial charge in [-0.2, -0.15) is 5.10 Å². The van der Waals surface area contributed by atoms with E-state index in [1.54, 1.807) is 24.3 Å². The molecule has 1 aromatic heterocycles. The molecule has 2 aliphatic rings. The predicted octanol–water partition coefficient (Wildman–Crippen LogP) is 4.46. The molecule has 8 heteroatoms. The van der Waals surface area contributed by atoms with E-state index in [0.717, 1.165) is 35.9 Å². The van der Waals surface area contributed by atoms with Crippen LogP contribution >= 0.6 is 11.6 Å². The van der Waals surface area contributed by atoms with Crippen molar-refractivity contribution in [1.82, 2.24) is 20.0 Å². The second kappa shape index (κ2) is 9.99. The van der Waals surface area contributed by atoms with E-state index in [4.69, 9.17) is 21.4 Å². The van der Waals surface area contributed by atoms with Gasteiger partial charge in [-0.05, 0) is 75.1 Å². The zero-order valence-electron chi connectivity index (χ0n) is 20.2. The van der Waals surface area contributed by atoms with Crippen LogP contribution in [0.4, 0.5) is 0 Å². The summed E-state index contributed by atoms with van der Waals surface area (Å²) in [5.41, 5.74) is 3.11. The van der Waals surface area contributed by atoms with E-state index < -0.39 is 0 Å². The highest BCUT2D eigenvalue weighted by Gasteiger charge is 2.31. The maximum absolute atomic E-state index is 12.8. The maximum Gasteiger partial charge on any atom is 0.253 e. The number of hydrogen-bond donors (Lipinski definition) is 1. The van der Waals surface area contributed by atoms with Gasteiger partial charge in [0.05, 0.1) is 17.7 Å². The van der Waals surface area contributed by atoms with Gasteiger partial charge in [0, 0.05) is 59.8 Å². The number of hydrogen-bond acceptors (Lipinski definition) is 4. The van der Waals surface area contributed by atoms with Gasteiger partial charge in [0.25, 0.3) is 11.8 Å². The Bertz CT molecular complexity index is 1230. The summed E-state index contributed by atoms with van der Waals surface area (Å²) in [6.07, 6.45) is 5.84. The van der Waals surface area contributed by atoms with Crippen LogP contribution in [0.15, 0.2) is 42.6 Å². The van der Waals surface area contributed by atoms with E-state index in [0.29, 0.717) is 47.8 Å². The number of nitrogens with zero attached hydrogens (tertiary/aromatic N) is 3. The van der Waals surface area contributed by atoms with E-state index in [9.17, 15) is 9.59 Å². The number of carbonyl (C=O) groups excluding carboxylic acids is 2. The molecule has 0 unspecified atom stereocenters. The first kappa shape index (κ1) is 23.8. The number of rotatable bonds is 8. The van der Waals surface area contributed by atoms with Crippen molar-refractivity contribution in [3.8, 4) is 0 Å². The summed E-state index contributed by atoms with van der Waals surface area (Å²) >= 11 is 5.92. The molecule has 5 rings (SSSR count). The molecule has 1 aliphatic carbocycles. The van der Waals surface area contributed by atoms with Crippen molar-refractivity contribution < 1.29 is 14.3 Å². The number of carbonyl (C=O) groups is 2. The highest BCUT2D eigenvalue weighted by atomic mass is 35.5. The fraction of sp³-hybridized carbons (Fsp3) is 0.444. The Labute approximate surface area is 210 Å². The van der Waals surface area contributed by atoms with Crippen molar-refractivity contribution in [1.29, 1.82) is 0 Å². The second-order valence-corrected chi connectivity index (χ2v) is 10.3. The average molecular weight is 495 g/mol. The summed E-state index contributed by atoms with van der Waals surface area (Å²) in [5, 5.41) is 9.31. The molecule has 0 spiro atoms. The van der Waals surface area contributed by atoms with Crippen molar-refractivity contribution in [3.63, 3.8) is 0 Å². The lowest BCUT2D eigenvalue weighted by Gasteiger charge is -2.39. The number of aromatic nitrogens is 2. The Balaban J connectivity index is 1.17. The standard InChI is InChI=1S/C27H31ClN4O3/c1-17(35-22-4-3-5-22)12-29-26(33)23-10-11-25-24(18(23)2)16-32(30-25)15-19-13-31(14-19)27(34)20-6-8-21(28)9-7-20/h6-11,16-17,19,22H,3-5,12-15H2,1-2H3,(H,29,33)/t17-/m0/s1. The molecular formula is C27H31ClN4O3. The minimum atomic E-state index is -0.0865. The predicted molar refractivity (Wildman–Crippen MR) is 136 cm³/mol. The van der Waals surface area contributed by atoms with Gasteiger partial charge < -0.3 is 15.0 Å². The van der Waals surface area contributed by atoms with Gasteiger partial charge in [-0.1, -0.05) is 11.6 Å². The molecule has 0 radical (unpaired) electrons. The summed E-state index contributed by atoms with van der Waals surface area (Å²) in [5.74, 6) is 0.291. The number of fused-ring (bicyclic) bond motifs is 1. The van der Waals surface area contributed by atoms with Crippen LogP contribution in [0.25, 0.3) is 10.9 Å². The lowest BCUT2D eigenvalue weighted by molar-refractivity contribution is -0.0412. The molecule has 1 atom stereocenters. The van der Waals surface area contributed by atoms with Crippen LogP contribution in [0.3, 0.4) is 0 Å². The lowest BCUT2D eigenvalue weighted by atomic mass is 9.96. The van der Waals surface area contributed by atoms with Gasteiger partial charge >= 0.3 is 0 Å². The van der Waals surface area contributed by atoms with Crippen molar-refractivity contribution in [2.45, 2.75) is 51.9 Å². The van der Waals surface area contributed by atoms with Crippen LogP contribution in [0.1, 0.15) is 52.5 Å². The topological polar surface area (TPSA) is 76.5 Å². The largest absolute Gasteiger partial charge is 0.373 e. The van der Waals surface area contributed by atoms with E-state index in [1.807, 2.05) is 41.8 Å². The molecule has 7 nitrogen and oxygen atoms in total. The molecule has 35 heavy (non-hydrogen) atoms. The van der Waals surface area contributed by atoms with Crippen molar-refractivity contribution in [2.24, 2.45) is 5.92 Å². The number of nitrogens with one attached hydrogen (secondary N) is 1. The second-order valence-electron chi connectivity index (χ2n) is 9.81. The minimum absolute atomic E-state index is 0.00431. The number of amides is 2. The van der Waals surface area contributed by atoms with Gasteiger partial charge in [0.15, 0.2) is 0 Å². The van der Waals surface area contributed by atoms with Crippen LogP contribution in [-0.4, -0.2) is 58.3 Å². The first-order valence-electron chi connectivity index (χ1n) is 12.3. The molecule has 2 fully saturated rings. The molecule has 184 valence electrons. The van der Waals surface area contributed by atoms with Crippen molar-refractivity contribution in [3.05, 3.63) is 64.3 Å². The third-order valence-corrected chi connectivity index (χ3v) is 7.31. The van der Waals surface area contributed by atoms with Crippen LogP contribution in [0.5, 0.6) is 0 Å². The Kier molecular flexibility index (Phi) is 6.80. The molecule has 2 aromatic carbocycles. The maximum atomic E-state index is 12.8. The number of benzene rings is 2. The first-order valence-corrected chi connectivity index (χ1v) is 12.7. The SMILES string of the molecule is Cc1c(C(=O)NC[C@H](C)OC2CCC2)ccc2nn(CC3CN(C(=O)c4ccc(Cl)cc4)C3)cc12. The van der Waals surface area contributed by atoms with Crippen LogP contribution in [-0.2, 0) is 11.3 Å². The first-order chi connectivity index (χ1) is 16.9. The Morgan fingerprint density at radius 3 is 2.60 bits per heavy atom. The molecular weight excluding hydrogens is 464 g/mol. The van der Waals surface area contributed by atoms with Gasteiger partial charge in [0.2, 0.25) is 0 Å². The molecule has 1 N–H and O–H groups in total. The van der Waals surface area contributed by atoms with Gasteiger partial charge in [-0.3, -0.25) is 14.3 Å². The van der Waals surface area contributed by atoms with Crippen LogP contribution in [0.2, 0.25) is 5.02 Å². The zero-order valence-corrected chi connectivity index (χ0v) is 20.9. The number of ether oxygens (including phenoxy) is 1. The summed E-state index contributed by atoms with van der Waals surface area (Å²) in [6.45, 7) is 6.60. The van der Waals surface area contributed by atoms with Crippen LogP contribution in [0, 0.1) is 12.8 Å². The summed E-state index contributed by atoms with van der Waals surface area (Å²) in [7, 11) is 0. The molecule has 1 saturated heterocycles. The van der Waals surface area contributed by atoms with Gasteiger partial charge in [-0.15, -0.1) is 0 Å². The normalized spacial score (nSPS) is 17.2. The van der Waals surface area contributed by atoms with Gasteiger partial charge in [0.1, 0.15) is 0 Å². The fourth-order valence-electron chi connectivity index (χ4n) is 4.73. The van der Waals surface area contributed by atoms with E-state index >= 15 is 0 Å². The van der Waals surface area contributed by atoms with E-state index in [2.05, 4.69) is 5.32 Å².